The van der Waals surface area contributed by atoms with Gasteiger partial charge in [-0.25, -0.2) is 0 Å². The highest BCUT2D eigenvalue weighted by atomic mass is 35.5. The maximum absolute atomic E-state index is 6.00. The van der Waals surface area contributed by atoms with Crippen molar-refractivity contribution in [2.45, 2.75) is 0 Å². The molecular weight excluding hydrogens is 351 g/mol. The second-order valence-corrected chi connectivity index (χ2v) is 5.24. The zero-order valence-corrected chi connectivity index (χ0v) is 14.1. The number of rotatable bonds is 8. The molecule has 0 radical (unpaired) electrons. The smallest absolute Gasteiger partial charge is 0.138 e. The van der Waals surface area contributed by atoms with Crippen LogP contribution in [0.2, 0.25) is 10.0 Å². The maximum Gasteiger partial charge on any atom is 0.138 e. The number of hydrogen-bond donors (Lipinski definition) is 0. The molecule has 0 aromatic heterocycles. The normalized spacial score (nSPS) is 10.4. The third-order valence-corrected chi connectivity index (χ3v) is 3.23. The maximum atomic E-state index is 6.00. The predicted octanol–water partition coefficient (Wildman–Crippen LogP) is 4.57. The van der Waals surface area contributed by atoms with Crippen molar-refractivity contribution in [3.63, 3.8) is 0 Å². The SMILES string of the molecule is Cl.ClCCN(CCCl)CCOc1ccc(Cl)cc1Cl. The number of nitrogens with zero attached hydrogens (tertiary/aromatic N) is 1. The van der Waals surface area contributed by atoms with Gasteiger partial charge >= 0.3 is 0 Å². The van der Waals surface area contributed by atoms with Crippen molar-refractivity contribution in [1.82, 2.24) is 4.90 Å². The molecule has 0 aliphatic heterocycles. The molecule has 110 valence electrons. The van der Waals surface area contributed by atoms with Crippen molar-refractivity contribution in [2.75, 3.05) is 38.0 Å². The second kappa shape index (κ2) is 11.1. The topological polar surface area (TPSA) is 12.5 Å². The zero-order chi connectivity index (χ0) is 13.4. The van der Waals surface area contributed by atoms with E-state index in [0.29, 0.717) is 34.2 Å². The van der Waals surface area contributed by atoms with Crippen LogP contribution in [0.3, 0.4) is 0 Å². The highest BCUT2D eigenvalue weighted by Crippen LogP contribution is 2.27. The molecule has 2 nitrogen and oxygen atoms in total. The minimum atomic E-state index is 0. The fourth-order valence-corrected chi connectivity index (χ4v) is 2.39. The van der Waals surface area contributed by atoms with Crippen LogP contribution in [0.5, 0.6) is 5.75 Å². The number of ether oxygens (including phenoxy) is 1. The van der Waals surface area contributed by atoms with Gasteiger partial charge in [-0.1, -0.05) is 23.2 Å². The van der Waals surface area contributed by atoms with Crippen molar-refractivity contribution in [3.8, 4) is 5.75 Å². The lowest BCUT2D eigenvalue weighted by molar-refractivity contribution is 0.224. The van der Waals surface area contributed by atoms with Crippen LogP contribution in [-0.4, -0.2) is 42.9 Å². The Morgan fingerprint density at radius 1 is 1.00 bits per heavy atom. The Morgan fingerprint density at radius 2 is 1.63 bits per heavy atom. The summed E-state index contributed by atoms with van der Waals surface area (Å²) in [5.41, 5.74) is 0. The van der Waals surface area contributed by atoms with Crippen LogP contribution in [0, 0.1) is 0 Å². The van der Waals surface area contributed by atoms with Crippen molar-refractivity contribution >= 4 is 58.8 Å². The summed E-state index contributed by atoms with van der Waals surface area (Å²) in [6.45, 7) is 2.89. The van der Waals surface area contributed by atoms with E-state index in [1.807, 2.05) is 0 Å². The van der Waals surface area contributed by atoms with Crippen LogP contribution in [0.25, 0.3) is 0 Å². The van der Waals surface area contributed by atoms with Gasteiger partial charge in [0, 0.05) is 36.4 Å². The van der Waals surface area contributed by atoms with Gasteiger partial charge in [0.15, 0.2) is 0 Å². The largest absolute Gasteiger partial charge is 0.491 e. The fourth-order valence-electron chi connectivity index (χ4n) is 1.45. The Bertz CT molecular complexity index is 358. The first-order chi connectivity index (χ1) is 8.67. The molecule has 7 heteroatoms. The van der Waals surface area contributed by atoms with Crippen LogP contribution in [0.15, 0.2) is 18.2 Å². The standard InChI is InChI=1S/C12H15Cl4NO.ClH/c13-3-5-17(6-4-14)7-8-18-12-2-1-10(15)9-11(12)16;/h1-2,9H,3-8H2;1H. The molecule has 0 saturated heterocycles. The lowest BCUT2D eigenvalue weighted by atomic mass is 10.3. The molecule has 0 aliphatic carbocycles. The summed E-state index contributed by atoms with van der Waals surface area (Å²) >= 11 is 23.2. The van der Waals surface area contributed by atoms with E-state index in [4.69, 9.17) is 51.1 Å². The van der Waals surface area contributed by atoms with E-state index in [9.17, 15) is 0 Å². The van der Waals surface area contributed by atoms with Crippen molar-refractivity contribution in [1.29, 1.82) is 0 Å². The number of alkyl halides is 2. The zero-order valence-electron chi connectivity index (χ0n) is 10.3. The van der Waals surface area contributed by atoms with Crippen LogP contribution in [0.4, 0.5) is 0 Å². The Balaban J connectivity index is 0.00000324. The molecule has 0 N–H and O–H groups in total. The quantitative estimate of drug-likeness (QED) is 0.624. The molecule has 0 fully saturated rings. The molecule has 0 amide bonds. The molecule has 0 heterocycles. The summed E-state index contributed by atoms with van der Waals surface area (Å²) < 4.78 is 5.60. The van der Waals surface area contributed by atoms with E-state index in [-0.39, 0.29) is 12.4 Å². The van der Waals surface area contributed by atoms with E-state index in [1.54, 1.807) is 18.2 Å². The third-order valence-electron chi connectivity index (χ3n) is 2.36. The lowest BCUT2D eigenvalue weighted by Crippen LogP contribution is -2.32. The summed E-state index contributed by atoms with van der Waals surface area (Å²) in [7, 11) is 0. The summed E-state index contributed by atoms with van der Waals surface area (Å²) in [6, 6.07) is 5.17. The summed E-state index contributed by atoms with van der Waals surface area (Å²) in [6.07, 6.45) is 0. The van der Waals surface area contributed by atoms with Gasteiger partial charge in [0.25, 0.3) is 0 Å². The molecule has 1 rings (SSSR count). The molecule has 1 aromatic carbocycles. The molecule has 0 unspecified atom stereocenters. The third kappa shape index (κ3) is 7.69. The first kappa shape index (κ1) is 19.4. The minimum Gasteiger partial charge on any atom is -0.491 e. The Hall–Kier alpha value is 0.430. The molecule has 0 atom stereocenters. The second-order valence-electron chi connectivity index (χ2n) is 3.64. The highest BCUT2D eigenvalue weighted by Gasteiger charge is 2.06. The summed E-state index contributed by atoms with van der Waals surface area (Å²) in [5, 5.41) is 1.11. The molecule has 0 saturated carbocycles. The highest BCUT2D eigenvalue weighted by molar-refractivity contribution is 6.35. The molecule has 0 aliphatic rings. The van der Waals surface area contributed by atoms with E-state index in [2.05, 4.69) is 4.90 Å². The van der Waals surface area contributed by atoms with E-state index in [0.717, 1.165) is 19.6 Å². The van der Waals surface area contributed by atoms with Gasteiger partial charge in [-0.3, -0.25) is 4.90 Å². The van der Waals surface area contributed by atoms with E-state index >= 15 is 0 Å². The van der Waals surface area contributed by atoms with Gasteiger partial charge in [-0.05, 0) is 18.2 Å². The summed E-state index contributed by atoms with van der Waals surface area (Å²) in [4.78, 5) is 2.14. The number of hydrogen-bond acceptors (Lipinski definition) is 2. The van der Waals surface area contributed by atoms with Crippen LogP contribution < -0.4 is 4.74 Å². The van der Waals surface area contributed by atoms with Crippen LogP contribution >= 0.6 is 58.8 Å². The number of halogens is 5. The Kier molecular flexibility index (Phi) is 11.4. The minimum absolute atomic E-state index is 0. The van der Waals surface area contributed by atoms with Gasteiger partial charge in [-0.15, -0.1) is 35.6 Å². The van der Waals surface area contributed by atoms with Crippen molar-refractivity contribution in [2.24, 2.45) is 0 Å². The van der Waals surface area contributed by atoms with Crippen LogP contribution in [0.1, 0.15) is 0 Å². The van der Waals surface area contributed by atoms with Gasteiger partial charge < -0.3 is 4.74 Å². The van der Waals surface area contributed by atoms with E-state index in [1.165, 1.54) is 0 Å². The fraction of sp³-hybridized carbons (Fsp3) is 0.500. The monoisotopic (exact) mass is 365 g/mol. The molecular formula is C12H16Cl5NO. The summed E-state index contributed by atoms with van der Waals surface area (Å²) in [5.74, 6) is 1.80. The average Bonchev–Trinajstić information content (AvgIpc) is 2.32. The van der Waals surface area contributed by atoms with Crippen molar-refractivity contribution < 1.29 is 4.74 Å². The van der Waals surface area contributed by atoms with Crippen molar-refractivity contribution in [3.05, 3.63) is 28.2 Å². The number of benzene rings is 1. The van der Waals surface area contributed by atoms with Crippen LogP contribution in [-0.2, 0) is 0 Å². The predicted molar refractivity (Wildman–Crippen MR) is 87.1 cm³/mol. The lowest BCUT2D eigenvalue weighted by Gasteiger charge is -2.20. The Morgan fingerprint density at radius 3 is 2.16 bits per heavy atom. The average molecular weight is 368 g/mol. The molecule has 0 spiro atoms. The van der Waals surface area contributed by atoms with Gasteiger partial charge in [0.05, 0.1) is 5.02 Å². The first-order valence-electron chi connectivity index (χ1n) is 5.59. The molecule has 1 aromatic rings. The Labute approximate surface area is 140 Å². The first-order valence-corrected chi connectivity index (χ1v) is 7.42. The van der Waals surface area contributed by atoms with Gasteiger partial charge in [0.2, 0.25) is 0 Å². The molecule has 19 heavy (non-hydrogen) atoms. The van der Waals surface area contributed by atoms with E-state index < -0.39 is 0 Å². The molecule has 0 bridgehead atoms. The van der Waals surface area contributed by atoms with Gasteiger partial charge in [-0.2, -0.15) is 0 Å². The van der Waals surface area contributed by atoms with Gasteiger partial charge in [0.1, 0.15) is 12.4 Å².